The lowest BCUT2D eigenvalue weighted by Crippen LogP contribution is -2.14. The number of ketones is 1. The van der Waals surface area contributed by atoms with Crippen molar-refractivity contribution in [2.75, 3.05) is 19.9 Å². The van der Waals surface area contributed by atoms with Crippen molar-refractivity contribution in [2.24, 2.45) is 0 Å². The van der Waals surface area contributed by atoms with Crippen molar-refractivity contribution < 1.29 is 64.1 Å². The molecule has 0 aliphatic rings. The van der Waals surface area contributed by atoms with Crippen LogP contribution >= 0.6 is 0 Å². The van der Waals surface area contributed by atoms with E-state index in [0.717, 1.165) is 84.0 Å². The van der Waals surface area contributed by atoms with Crippen molar-refractivity contribution in [3.8, 4) is 0 Å². The number of carboxylic acid groups (broad SMARTS) is 3. The Kier molecular flexibility index (Phi) is 21.4. The van der Waals surface area contributed by atoms with Gasteiger partial charge in [-0.15, -0.1) is 0 Å². The van der Waals surface area contributed by atoms with Gasteiger partial charge in [0.05, 0.1) is 32.2 Å². The van der Waals surface area contributed by atoms with Crippen LogP contribution in [0.25, 0.3) is 0 Å². The molecule has 0 spiro atoms. The van der Waals surface area contributed by atoms with Crippen LogP contribution in [0.4, 0.5) is 21.5 Å². The highest BCUT2D eigenvalue weighted by Gasteiger charge is 2.16. The zero-order valence-corrected chi connectivity index (χ0v) is 46.4. The third-order valence-corrected chi connectivity index (χ3v) is 16.5. The Morgan fingerprint density at radius 1 is 0.358 bits per heavy atom. The molecule has 0 amide bonds. The minimum atomic E-state index is -3.77. The molecular weight excluding hydrogens is 1100 g/mol. The normalized spacial score (nSPS) is 11.1. The van der Waals surface area contributed by atoms with Crippen LogP contribution in [0.15, 0.2) is 204 Å². The van der Waals surface area contributed by atoms with Crippen LogP contribution in [0.5, 0.6) is 0 Å². The lowest BCUT2D eigenvalue weighted by Gasteiger charge is -2.09. The molecule has 0 aliphatic carbocycles. The number of hydrogen-bond donors (Lipinski definition) is 6. The Balaban J connectivity index is 0.000000197. The average molecular weight is 1160 g/mol. The predicted octanol–water partition coefficient (Wildman–Crippen LogP) is 11.2. The summed E-state index contributed by atoms with van der Waals surface area (Å²) in [5.41, 5.74) is 8.91. The number of carbonyl (C=O) groups excluding carboxylic acids is 1. The van der Waals surface area contributed by atoms with Gasteiger partial charge in [-0.1, -0.05) is 84.9 Å². The van der Waals surface area contributed by atoms with E-state index in [-0.39, 0.29) is 38.0 Å². The summed E-state index contributed by atoms with van der Waals surface area (Å²) in [5, 5.41) is 26.7. The summed E-state index contributed by atoms with van der Waals surface area (Å²) in [6.07, 6.45) is 4.55. The number of benzene rings is 8. The fourth-order valence-corrected chi connectivity index (χ4v) is 10.4. The first-order valence-electron chi connectivity index (χ1n) is 25.1. The second kappa shape index (κ2) is 28.3. The monoisotopic (exact) mass is 1160 g/mol. The summed E-state index contributed by atoms with van der Waals surface area (Å²) in [5.74, 6) is -3.41. The number of rotatable bonds is 22. The van der Waals surface area contributed by atoms with E-state index in [0.29, 0.717) is 22.6 Å². The SMILES string of the molecule is CC(=O)c1ccc(S(=O)(=O)Nc2ccc(CCc3ccc(C(=O)O)cc3)cc2)cc1.CCS(=O)(=O)Nc1ccc(CCc2ccc(C(=O)O)cc2)cc1.O=C(O)c1ccc(CCc2ccc(NS(=O)(=O)c3ccc(F)cc3)cc2)cc1. The maximum absolute atomic E-state index is 13.0. The zero-order chi connectivity index (χ0) is 58.7. The lowest BCUT2D eigenvalue weighted by atomic mass is 10.0. The van der Waals surface area contributed by atoms with Gasteiger partial charge >= 0.3 is 17.9 Å². The first-order valence-corrected chi connectivity index (χ1v) is 29.8. The van der Waals surface area contributed by atoms with Crippen molar-refractivity contribution in [1.82, 2.24) is 0 Å². The van der Waals surface area contributed by atoms with Gasteiger partial charge in [0.15, 0.2) is 5.78 Å². The van der Waals surface area contributed by atoms with Crippen LogP contribution in [-0.2, 0) is 68.6 Å². The summed E-state index contributed by atoms with van der Waals surface area (Å²) in [7, 11) is -10.8. The molecule has 8 rings (SSSR count). The summed E-state index contributed by atoms with van der Waals surface area (Å²) in [4.78, 5) is 44.0. The predicted molar refractivity (Wildman–Crippen MR) is 309 cm³/mol. The van der Waals surface area contributed by atoms with E-state index < -0.39 is 53.8 Å². The Morgan fingerprint density at radius 2 is 0.593 bits per heavy atom. The van der Waals surface area contributed by atoms with Gasteiger partial charge in [0.25, 0.3) is 20.0 Å². The van der Waals surface area contributed by atoms with Crippen LogP contribution < -0.4 is 14.2 Å². The number of carbonyl (C=O) groups is 4. The van der Waals surface area contributed by atoms with Gasteiger partial charge < -0.3 is 15.3 Å². The minimum Gasteiger partial charge on any atom is -0.478 e. The topological polar surface area (TPSA) is 267 Å². The number of hydrogen-bond acceptors (Lipinski definition) is 10. The van der Waals surface area contributed by atoms with Crippen LogP contribution in [0.3, 0.4) is 0 Å². The van der Waals surface area contributed by atoms with E-state index >= 15 is 0 Å². The van der Waals surface area contributed by atoms with E-state index in [1.54, 1.807) is 104 Å². The Bertz CT molecular complexity index is 3770. The van der Waals surface area contributed by atoms with E-state index in [9.17, 15) is 48.8 Å². The molecule has 20 heteroatoms. The molecule has 6 N–H and O–H groups in total. The maximum atomic E-state index is 13.0. The smallest absolute Gasteiger partial charge is 0.335 e. The fraction of sp³-hybridized carbons (Fsp3) is 0.148. The highest BCUT2D eigenvalue weighted by molar-refractivity contribution is 7.93. The summed E-state index contributed by atoms with van der Waals surface area (Å²) < 4.78 is 93.1. The van der Waals surface area contributed by atoms with Gasteiger partial charge in [0, 0.05) is 22.6 Å². The molecule has 0 radical (unpaired) electrons. The molecule has 8 aromatic carbocycles. The van der Waals surface area contributed by atoms with Gasteiger partial charge in [-0.2, -0.15) is 0 Å². The summed E-state index contributed by atoms with van der Waals surface area (Å²) >= 11 is 0. The Labute approximate surface area is 470 Å². The van der Waals surface area contributed by atoms with Crippen LogP contribution in [0.2, 0.25) is 0 Å². The number of Topliss-reactive ketones (excluding diaryl/α,β-unsaturated/α-hetero) is 1. The van der Waals surface area contributed by atoms with Crippen LogP contribution in [0.1, 0.15) is 88.7 Å². The highest BCUT2D eigenvalue weighted by atomic mass is 32.2. The molecule has 0 unspecified atom stereocenters. The van der Waals surface area contributed by atoms with Crippen LogP contribution in [-0.4, -0.2) is 70.0 Å². The third kappa shape index (κ3) is 19.4. The second-order valence-corrected chi connectivity index (χ2v) is 23.7. The first kappa shape index (κ1) is 61.2. The number of anilines is 3. The van der Waals surface area contributed by atoms with Gasteiger partial charge in [0.1, 0.15) is 5.82 Å². The highest BCUT2D eigenvalue weighted by Crippen LogP contribution is 2.21. The number of aromatic carboxylic acids is 3. The Morgan fingerprint density at radius 3 is 0.840 bits per heavy atom. The standard InChI is InChI=1S/C23H21NO5S.C21H18FNO4S.C17H19NO4S/c1-16(25)19-10-14-22(15-11-19)30(28,29)24-21-12-6-18(7-13-21)3-2-17-4-8-20(9-5-17)23(26)27;22-18-9-13-20(14-10-18)28(26,27)23-19-11-5-16(6-12-19)2-1-15-3-7-17(8-4-15)21(24)25;1-2-23(21,22)18-16-11-7-14(8-12-16)4-3-13-5-9-15(10-6-13)17(19)20/h4-15,24H,2-3H2,1H3,(H,26,27);3-14,23H,1-2H2,(H,24,25);5-12,18H,2-4H2,1H3,(H,19,20). The minimum absolute atomic E-state index is 0.0113. The van der Waals surface area contributed by atoms with Crippen molar-refractivity contribution in [2.45, 2.75) is 62.2 Å². The summed E-state index contributed by atoms with van der Waals surface area (Å²) in [6, 6.07) is 52.1. The quantitative estimate of drug-likeness (QED) is 0.0345. The van der Waals surface area contributed by atoms with E-state index in [1.165, 1.54) is 43.3 Å². The van der Waals surface area contributed by atoms with Gasteiger partial charge in [-0.25, -0.2) is 44.0 Å². The Hall–Kier alpha value is -8.98. The van der Waals surface area contributed by atoms with E-state index in [4.69, 9.17) is 15.3 Å². The molecule has 16 nitrogen and oxygen atoms in total. The molecular formula is C61H58FN3O13S3. The largest absolute Gasteiger partial charge is 0.478 e. The molecule has 0 fully saturated rings. The van der Waals surface area contributed by atoms with Gasteiger partial charge in [0.2, 0.25) is 10.0 Å². The molecule has 0 saturated heterocycles. The number of carboxylic acids is 3. The molecule has 0 aliphatic heterocycles. The summed E-state index contributed by atoms with van der Waals surface area (Å²) in [6.45, 7) is 3.01. The van der Waals surface area contributed by atoms with E-state index in [1.807, 2.05) is 48.5 Å². The molecule has 420 valence electrons. The van der Waals surface area contributed by atoms with Crippen LogP contribution in [0, 0.1) is 5.82 Å². The molecule has 0 atom stereocenters. The molecule has 8 aromatic rings. The second-order valence-electron chi connectivity index (χ2n) is 18.3. The third-order valence-electron chi connectivity index (χ3n) is 12.4. The zero-order valence-electron chi connectivity index (χ0n) is 44.0. The van der Waals surface area contributed by atoms with Crippen molar-refractivity contribution >= 4 is 70.8 Å². The van der Waals surface area contributed by atoms with Gasteiger partial charge in [-0.3, -0.25) is 19.0 Å². The average Bonchev–Trinajstić information content (AvgIpc) is 3.49. The molecule has 0 bridgehead atoms. The van der Waals surface area contributed by atoms with Crippen molar-refractivity contribution in [3.63, 3.8) is 0 Å². The first-order chi connectivity index (χ1) is 38.5. The maximum Gasteiger partial charge on any atom is 0.335 e. The number of aryl methyl sites for hydroxylation is 6. The van der Waals surface area contributed by atoms with Crippen molar-refractivity contribution in [3.05, 3.63) is 256 Å². The van der Waals surface area contributed by atoms with Gasteiger partial charge in [-0.05, 0) is 195 Å². The lowest BCUT2D eigenvalue weighted by molar-refractivity contribution is 0.0686. The molecule has 0 aromatic heterocycles. The molecule has 81 heavy (non-hydrogen) atoms. The fourth-order valence-electron chi connectivity index (χ4n) is 7.69. The van der Waals surface area contributed by atoms with Crippen molar-refractivity contribution in [1.29, 1.82) is 0 Å². The molecule has 0 saturated carbocycles. The number of sulfonamides is 3. The number of halogens is 1. The molecule has 0 heterocycles. The van der Waals surface area contributed by atoms with E-state index in [2.05, 4.69) is 14.2 Å². The number of nitrogens with one attached hydrogen (secondary N) is 3.